The Morgan fingerprint density at radius 2 is 1.85 bits per heavy atom. The van der Waals surface area contributed by atoms with Gasteiger partial charge in [-0.2, -0.15) is 0 Å². The average molecular weight is 385 g/mol. The molecule has 1 aliphatic heterocycles. The normalized spacial score (nSPS) is 24.4. The molecule has 0 N–H and O–H groups in total. The van der Waals surface area contributed by atoms with Gasteiger partial charge in [0, 0.05) is 24.9 Å². The average Bonchev–Trinajstić information content (AvgIpc) is 3.16. The molecule has 1 saturated carbocycles. The fraction of sp³-hybridized carbons (Fsp3) is 0.652. The molecule has 2 aromatic rings. The number of fused-ring (bicyclic) bond motifs is 1. The van der Waals surface area contributed by atoms with Gasteiger partial charge in [0.1, 0.15) is 0 Å². The van der Waals surface area contributed by atoms with Crippen LogP contribution in [0.1, 0.15) is 75.6 Å². The molecule has 3 nitrogen and oxygen atoms in total. The first kappa shape index (κ1) is 18.9. The number of carbonyl (C=O) groups is 1. The number of hydrogen-bond acceptors (Lipinski definition) is 3. The number of benzene rings is 1. The fourth-order valence-corrected chi connectivity index (χ4v) is 6.00. The van der Waals surface area contributed by atoms with E-state index < -0.39 is 0 Å². The second-order valence-corrected chi connectivity index (χ2v) is 9.54. The van der Waals surface area contributed by atoms with E-state index in [1.54, 1.807) is 0 Å². The molecule has 0 atom stereocenters. The molecule has 4 rings (SSSR count). The van der Waals surface area contributed by atoms with Crippen molar-refractivity contribution >= 4 is 27.5 Å². The summed E-state index contributed by atoms with van der Waals surface area (Å²) in [7, 11) is 0. The third-order valence-corrected chi connectivity index (χ3v) is 7.83. The summed E-state index contributed by atoms with van der Waals surface area (Å²) in [4.78, 5) is 20.0. The van der Waals surface area contributed by atoms with Crippen LogP contribution in [-0.2, 0) is 4.79 Å². The number of para-hydroxylation sites is 1. The number of carbonyl (C=O) groups excluding carboxylic acids is 1. The van der Waals surface area contributed by atoms with Crippen molar-refractivity contribution < 1.29 is 4.79 Å². The van der Waals surface area contributed by atoms with Gasteiger partial charge in [0.05, 0.1) is 15.2 Å². The Bertz CT molecular complexity index is 722. The highest BCUT2D eigenvalue weighted by Gasteiger charge is 2.32. The van der Waals surface area contributed by atoms with Crippen LogP contribution in [0.4, 0.5) is 0 Å². The Kier molecular flexibility index (Phi) is 6.11. The second-order valence-electron chi connectivity index (χ2n) is 8.48. The molecule has 1 aromatic heterocycles. The number of unbranched alkanes of at least 4 members (excludes halogenated alkanes) is 1. The van der Waals surface area contributed by atoms with Crippen molar-refractivity contribution in [3.63, 3.8) is 0 Å². The van der Waals surface area contributed by atoms with Crippen LogP contribution in [0.5, 0.6) is 0 Å². The van der Waals surface area contributed by atoms with Crippen LogP contribution in [0.3, 0.4) is 0 Å². The van der Waals surface area contributed by atoms with E-state index in [0.29, 0.717) is 17.7 Å². The van der Waals surface area contributed by atoms with Crippen molar-refractivity contribution in [2.45, 2.75) is 70.6 Å². The first-order valence-electron chi connectivity index (χ1n) is 10.9. The van der Waals surface area contributed by atoms with Gasteiger partial charge in [0.15, 0.2) is 0 Å². The highest BCUT2D eigenvalue weighted by Crippen LogP contribution is 2.36. The lowest BCUT2D eigenvalue weighted by Gasteiger charge is -2.36. The van der Waals surface area contributed by atoms with Gasteiger partial charge in [0.25, 0.3) is 0 Å². The topological polar surface area (TPSA) is 33.2 Å². The maximum Gasteiger partial charge on any atom is 0.225 e. The summed E-state index contributed by atoms with van der Waals surface area (Å²) < 4.78 is 1.28. The van der Waals surface area contributed by atoms with Crippen LogP contribution in [0.2, 0.25) is 0 Å². The Morgan fingerprint density at radius 3 is 2.56 bits per heavy atom. The summed E-state index contributed by atoms with van der Waals surface area (Å²) in [6, 6.07) is 8.41. The molecule has 146 valence electrons. The molecular weight excluding hydrogens is 352 g/mol. The molecule has 0 bridgehead atoms. The monoisotopic (exact) mass is 384 g/mol. The van der Waals surface area contributed by atoms with E-state index in [0.717, 1.165) is 50.2 Å². The lowest BCUT2D eigenvalue weighted by atomic mass is 9.79. The Hall–Kier alpha value is -1.42. The summed E-state index contributed by atoms with van der Waals surface area (Å²) in [5.41, 5.74) is 1.12. The molecular formula is C23H32N2OS. The molecule has 1 amide bonds. The third-order valence-electron chi connectivity index (χ3n) is 6.63. The Morgan fingerprint density at radius 1 is 1.11 bits per heavy atom. The van der Waals surface area contributed by atoms with Crippen molar-refractivity contribution in [2.24, 2.45) is 11.8 Å². The highest BCUT2D eigenvalue weighted by atomic mass is 32.1. The maximum absolute atomic E-state index is 13.0. The van der Waals surface area contributed by atoms with Crippen LogP contribution < -0.4 is 0 Å². The zero-order valence-electron chi connectivity index (χ0n) is 16.5. The first-order chi connectivity index (χ1) is 13.2. The molecule has 2 heterocycles. The maximum atomic E-state index is 13.0. The van der Waals surface area contributed by atoms with E-state index in [9.17, 15) is 4.79 Å². The molecule has 0 radical (unpaired) electrons. The lowest BCUT2D eigenvalue weighted by molar-refractivity contribution is -0.138. The zero-order chi connectivity index (χ0) is 18.6. The largest absolute Gasteiger partial charge is 0.342 e. The molecule has 4 heteroatoms. The number of likely N-dealkylation sites (tertiary alicyclic amines) is 1. The number of aromatic nitrogens is 1. The molecule has 1 aromatic carbocycles. The number of thiazole rings is 1. The van der Waals surface area contributed by atoms with Crippen LogP contribution >= 0.6 is 11.3 Å². The van der Waals surface area contributed by atoms with E-state index in [1.807, 2.05) is 11.3 Å². The molecule has 0 spiro atoms. The SMILES string of the molecule is CCCCC1CCC(C(=O)N2CCC(c3nc4ccccc4s3)CC2)CC1. The minimum absolute atomic E-state index is 0.293. The summed E-state index contributed by atoms with van der Waals surface area (Å²) in [5, 5.41) is 1.26. The van der Waals surface area contributed by atoms with E-state index in [4.69, 9.17) is 4.98 Å². The summed E-state index contributed by atoms with van der Waals surface area (Å²) in [5.74, 6) is 2.13. The number of nitrogens with zero attached hydrogens (tertiary/aromatic N) is 2. The van der Waals surface area contributed by atoms with Gasteiger partial charge in [0.2, 0.25) is 5.91 Å². The Balaban J connectivity index is 1.28. The fourth-order valence-electron chi connectivity index (χ4n) is 4.86. The second kappa shape index (κ2) is 8.72. The first-order valence-corrected chi connectivity index (χ1v) is 11.7. The molecule has 2 fully saturated rings. The van der Waals surface area contributed by atoms with Crippen LogP contribution in [0.15, 0.2) is 24.3 Å². The van der Waals surface area contributed by atoms with E-state index in [1.165, 1.54) is 41.8 Å². The number of amides is 1. The van der Waals surface area contributed by atoms with E-state index in [-0.39, 0.29) is 0 Å². The van der Waals surface area contributed by atoms with Crippen molar-refractivity contribution in [1.29, 1.82) is 0 Å². The van der Waals surface area contributed by atoms with Crippen molar-refractivity contribution in [2.75, 3.05) is 13.1 Å². The quantitative estimate of drug-likeness (QED) is 0.633. The van der Waals surface area contributed by atoms with Crippen molar-refractivity contribution in [1.82, 2.24) is 9.88 Å². The minimum atomic E-state index is 0.293. The van der Waals surface area contributed by atoms with Crippen LogP contribution in [0.25, 0.3) is 10.2 Å². The summed E-state index contributed by atoms with van der Waals surface area (Å²) in [6.45, 7) is 4.09. The van der Waals surface area contributed by atoms with Crippen LogP contribution in [-0.4, -0.2) is 28.9 Å². The molecule has 1 aliphatic carbocycles. The van der Waals surface area contributed by atoms with Gasteiger partial charge in [-0.3, -0.25) is 4.79 Å². The predicted octanol–water partition coefficient (Wildman–Crippen LogP) is 6.00. The van der Waals surface area contributed by atoms with Gasteiger partial charge in [-0.1, -0.05) is 38.3 Å². The molecule has 0 unspecified atom stereocenters. The van der Waals surface area contributed by atoms with Gasteiger partial charge in [-0.15, -0.1) is 11.3 Å². The number of hydrogen-bond donors (Lipinski definition) is 0. The molecule has 1 saturated heterocycles. The van der Waals surface area contributed by atoms with Gasteiger partial charge < -0.3 is 4.90 Å². The summed E-state index contributed by atoms with van der Waals surface area (Å²) >= 11 is 1.83. The summed E-state index contributed by atoms with van der Waals surface area (Å²) in [6.07, 6.45) is 10.9. The number of piperidine rings is 1. The predicted molar refractivity (Wildman–Crippen MR) is 113 cm³/mol. The van der Waals surface area contributed by atoms with Gasteiger partial charge >= 0.3 is 0 Å². The third kappa shape index (κ3) is 4.37. The minimum Gasteiger partial charge on any atom is -0.342 e. The standard InChI is InChI=1S/C23H32N2OS/c1-2-3-6-17-9-11-19(12-10-17)23(26)25-15-13-18(14-16-25)22-24-20-7-4-5-8-21(20)27-22/h4-5,7-8,17-19H,2-3,6,9-16H2,1H3. The van der Waals surface area contributed by atoms with Crippen LogP contribution in [0, 0.1) is 11.8 Å². The Labute approximate surface area is 167 Å². The van der Waals surface area contributed by atoms with Gasteiger partial charge in [-0.05, 0) is 56.6 Å². The van der Waals surface area contributed by atoms with Gasteiger partial charge in [-0.25, -0.2) is 4.98 Å². The smallest absolute Gasteiger partial charge is 0.225 e. The molecule has 2 aliphatic rings. The van der Waals surface area contributed by atoms with E-state index in [2.05, 4.69) is 36.1 Å². The lowest BCUT2D eigenvalue weighted by Crippen LogP contribution is -2.42. The number of rotatable bonds is 5. The van der Waals surface area contributed by atoms with E-state index >= 15 is 0 Å². The van der Waals surface area contributed by atoms with Crippen molar-refractivity contribution in [3.05, 3.63) is 29.3 Å². The zero-order valence-corrected chi connectivity index (χ0v) is 17.3. The van der Waals surface area contributed by atoms with Crippen molar-refractivity contribution in [3.8, 4) is 0 Å². The molecule has 27 heavy (non-hydrogen) atoms. The highest BCUT2D eigenvalue weighted by molar-refractivity contribution is 7.18.